The molecule has 0 aromatic carbocycles. The third-order valence-electron chi connectivity index (χ3n) is 5.81. The third-order valence-corrected chi connectivity index (χ3v) is 5.81. The van der Waals surface area contributed by atoms with Crippen LogP contribution in [0.2, 0.25) is 0 Å². The molecule has 0 aliphatic carbocycles. The van der Waals surface area contributed by atoms with Gasteiger partial charge in [0.1, 0.15) is 36.6 Å². The Bertz CT molecular complexity index is 496. The zero-order valence-electron chi connectivity index (χ0n) is 20.6. The van der Waals surface area contributed by atoms with Crippen LogP contribution >= 0.6 is 0 Å². The van der Waals surface area contributed by atoms with E-state index in [4.69, 9.17) is 56.8 Å². The highest BCUT2D eigenvalue weighted by atomic mass is 16.7. The second-order valence-electron chi connectivity index (χ2n) is 8.03. The van der Waals surface area contributed by atoms with Gasteiger partial charge in [-0.3, -0.25) is 0 Å². The predicted octanol–water partition coefficient (Wildman–Crippen LogP) is -0.391. The molecule has 12 heteroatoms. The van der Waals surface area contributed by atoms with Crippen molar-refractivity contribution in [1.82, 2.24) is 0 Å². The average Bonchev–Trinajstić information content (AvgIpc) is 3.35. The van der Waals surface area contributed by atoms with Crippen LogP contribution in [-0.2, 0) is 56.8 Å². The van der Waals surface area contributed by atoms with E-state index in [1.165, 1.54) is 0 Å². The summed E-state index contributed by atoms with van der Waals surface area (Å²) in [5, 5.41) is 0. The van der Waals surface area contributed by atoms with Crippen molar-refractivity contribution in [2.75, 3.05) is 94.5 Å². The summed E-state index contributed by atoms with van der Waals surface area (Å²) >= 11 is 0. The SMILES string of the molecule is COC[C@H]1O[C@H](OC)[C@@H]2OCCOCCO[C@H]3[C@@H](OC)O[C@H](COC)[C@@H]3OCCOCCO[C@H]21. The number of rotatable bonds is 6. The van der Waals surface area contributed by atoms with Crippen LogP contribution in [0.1, 0.15) is 0 Å². The van der Waals surface area contributed by atoms with Gasteiger partial charge in [-0.1, -0.05) is 0 Å². The van der Waals surface area contributed by atoms with Gasteiger partial charge >= 0.3 is 0 Å². The lowest BCUT2D eigenvalue weighted by molar-refractivity contribution is -0.175. The molecule has 12 nitrogen and oxygen atoms in total. The van der Waals surface area contributed by atoms with Gasteiger partial charge in [0.25, 0.3) is 0 Å². The molecule has 3 aliphatic rings. The van der Waals surface area contributed by atoms with Crippen molar-refractivity contribution in [3.63, 3.8) is 0 Å². The molecule has 3 heterocycles. The van der Waals surface area contributed by atoms with Gasteiger partial charge in [-0.25, -0.2) is 0 Å². The van der Waals surface area contributed by atoms with Gasteiger partial charge in [0, 0.05) is 28.4 Å². The molecule has 0 bridgehead atoms. The standard InChI is InChI=1S/C22H40O12/c1-23-13-15-17-19(21(25-3)33-15)31-11-7-28-8-12-32-20-18(30-10-6-27-5-9-29-17)16(14-24-2)34-22(20)26-4/h15-22H,5-14H2,1-4H3/t15-,16-,17+,18+,19-,20-,21+,22+/m1/s1. The highest BCUT2D eigenvalue weighted by molar-refractivity contribution is 4.90. The van der Waals surface area contributed by atoms with Crippen LogP contribution in [0.15, 0.2) is 0 Å². The monoisotopic (exact) mass is 496 g/mol. The Labute approximate surface area is 201 Å². The van der Waals surface area contributed by atoms with Crippen LogP contribution in [-0.4, -0.2) is 144 Å². The summed E-state index contributed by atoms with van der Waals surface area (Å²) < 4.78 is 68.9. The molecule has 3 saturated heterocycles. The van der Waals surface area contributed by atoms with Gasteiger partial charge in [-0.05, 0) is 0 Å². The first-order chi connectivity index (χ1) is 16.7. The molecule has 0 amide bonds. The molecular weight excluding hydrogens is 456 g/mol. The predicted molar refractivity (Wildman–Crippen MR) is 116 cm³/mol. The summed E-state index contributed by atoms with van der Waals surface area (Å²) in [6.07, 6.45) is -3.28. The number of hydrogen-bond donors (Lipinski definition) is 0. The highest BCUT2D eigenvalue weighted by Crippen LogP contribution is 2.29. The first-order valence-electron chi connectivity index (χ1n) is 11.7. The van der Waals surface area contributed by atoms with Gasteiger partial charge < -0.3 is 56.8 Å². The average molecular weight is 497 g/mol. The van der Waals surface area contributed by atoms with Crippen molar-refractivity contribution < 1.29 is 56.8 Å². The number of fused-ring (bicyclic) bond motifs is 2. The number of ether oxygens (including phenoxy) is 12. The summed E-state index contributed by atoms with van der Waals surface area (Å²) in [7, 11) is 6.39. The molecule has 0 radical (unpaired) electrons. The Hall–Kier alpha value is -0.480. The third kappa shape index (κ3) is 7.76. The fraction of sp³-hybridized carbons (Fsp3) is 1.00. The van der Waals surface area contributed by atoms with E-state index in [1.54, 1.807) is 28.4 Å². The Kier molecular flexibility index (Phi) is 12.9. The van der Waals surface area contributed by atoms with Crippen molar-refractivity contribution in [2.24, 2.45) is 0 Å². The first kappa shape index (κ1) is 28.1. The molecule has 3 fully saturated rings. The van der Waals surface area contributed by atoms with Crippen LogP contribution in [0, 0.1) is 0 Å². The zero-order chi connectivity index (χ0) is 24.2. The van der Waals surface area contributed by atoms with E-state index < -0.39 is 24.8 Å². The topological polar surface area (TPSA) is 111 Å². The number of methoxy groups -OCH3 is 4. The van der Waals surface area contributed by atoms with Gasteiger partial charge in [0.2, 0.25) is 0 Å². The van der Waals surface area contributed by atoms with E-state index in [2.05, 4.69) is 0 Å². The van der Waals surface area contributed by atoms with Crippen molar-refractivity contribution in [2.45, 2.75) is 49.2 Å². The van der Waals surface area contributed by atoms with E-state index >= 15 is 0 Å². The van der Waals surface area contributed by atoms with Crippen LogP contribution in [0.3, 0.4) is 0 Å². The van der Waals surface area contributed by atoms with Crippen LogP contribution in [0.25, 0.3) is 0 Å². The maximum Gasteiger partial charge on any atom is 0.186 e. The van der Waals surface area contributed by atoms with Crippen molar-refractivity contribution in [3.8, 4) is 0 Å². The van der Waals surface area contributed by atoms with Crippen molar-refractivity contribution >= 4 is 0 Å². The summed E-state index contributed by atoms with van der Waals surface area (Å²) in [6, 6.07) is 0. The normalized spacial score (nSPS) is 39.2. The van der Waals surface area contributed by atoms with E-state index in [1.807, 2.05) is 0 Å². The van der Waals surface area contributed by atoms with Crippen LogP contribution < -0.4 is 0 Å². The lowest BCUT2D eigenvalue weighted by Gasteiger charge is -2.25. The number of hydrogen-bond acceptors (Lipinski definition) is 12. The van der Waals surface area contributed by atoms with Gasteiger partial charge in [-0.2, -0.15) is 0 Å². The molecule has 3 rings (SSSR count). The quantitative estimate of drug-likeness (QED) is 0.477. The Morgan fingerprint density at radius 1 is 0.500 bits per heavy atom. The lowest BCUT2D eigenvalue weighted by atomic mass is 10.1. The molecule has 0 aromatic heterocycles. The first-order valence-corrected chi connectivity index (χ1v) is 11.7. The Morgan fingerprint density at radius 2 is 0.853 bits per heavy atom. The molecule has 0 aromatic rings. The summed E-state index contributed by atoms with van der Waals surface area (Å²) in [4.78, 5) is 0. The molecule has 8 atom stereocenters. The zero-order valence-corrected chi connectivity index (χ0v) is 20.6. The molecule has 0 N–H and O–H groups in total. The molecule has 0 saturated carbocycles. The maximum absolute atomic E-state index is 6.07. The van der Waals surface area contributed by atoms with Crippen LogP contribution in [0.4, 0.5) is 0 Å². The van der Waals surface area contributed by atoms with E-state index in [-0.39, 0.29) is 24.4 Å². The maximum atomic E-state index is 6.07. The van der Waals surface area contributed by atoms with Gasteiger partial charge in [0.15, 0.2) is 12.6 Å². The summed E-state index contributed by atoms with van der Waals surface area (Å²) in [5.41, 5.74) is 0. The summed E-state index contributed by atoms with van der Waals surface area (Å²) in [6.45, 7) is 3.66. The molecule has 34 heavy (non-hydrogen) atoms. The lowest BCUT2D eigenvalue weighted by Crippen LogP contribution is -2.41. The van der Waals surface area contributed by atoms with E-state index in [0.29, 0.717) is 66.1 Å². The second kappa shape index (κ2) is 15.6. The smallest absolute Gasteiger partial charge is 0.186 e. The second-order valence-corrected chi connectivity index (χ2v) is 8.03. The van der Waals surface area contributed by atoms with E-state index in [9.17, 15) is 0 Å². The minimum atomic E-state index is -0.557. The molecule has 0 spiro atoms. The Balaban J connectivity index is 1.58. The largest absolute Gasteiger partial charge is 0.382 e. The highest BCUT2D eigenvalue weighted by Gasteiger charge is 2.47. The van der Waals surface area contributed by atoms with Crippen molar-refractivity contribution in [1.29, 1.82) is 0 Å². The minimum absolute atomic E-state index is 0.311. The fourth-order valence-corrected chi connectivity index (χ4v) is 4.29. The fourth-order valence-electron chi connectivity index (χ4n) is 4.29. The molecule has 0 unspecified atom stereocenters. The minimum Gasteiger partial charge on any atom is -0.382 e. The van der Waals surface area contributed by atoms with Crippen LogP contribution in [0.5, 0.6) is 0 Å². The molecule has 3 aliphatic heterocycles. The van der Waals surface area contributed by atoms with Gasteiger partial charge in [0.05, 0.1) is 66.1 Å². The molecular formula is C22H40O12. The van der Waals surface area contributed by atoms with E-state index in [0.717, 1.165) is 0 Å². The van der Waals surface area contributed by atoms with Gasteiger partial charge in [-0.15, -0.1) is 0 Å². The Morgan fingerprint density at radius 3 is 1.18 bits per heavy atom. The summed E-state index contributed by atoms with van der Waals surface area (Å²) in [5.74, 6) is 0. The molecule has 200 valence electrons. The van der Waals surface area contributed by atoms with Crippen molar-refractivity contribution in [3.05, 3.63) is 0 Å².